The van der Waals surface area contributed by atoms with Crippen LogP contribution in [0.15, 0.2) is 28.8 Å². The van der Waals surface area contributed by atoms with Gasteiger partial charge in [0.25, 0.3) is 0 Å². The Kier molecular flexibility index (Phi) is 5.43. The quantitative estimate of drug-likeness (QED) is 0.796. The van der Waals surface area contributed by atoms with Crippen molar-refractivity contribution in [3.05, 3.63) is 36.0 Å². The lowest BCUT2D eigenvalue weighted by Gasteiger charge is -2.01. The zero-order chi connectivity index (χ0) is 15.1. The summed E-state index contributed by atoms with van der Waals surface area (Å²) in [6.45, 7) is 2.74. The number of rotatable bonds is 7. The lowest BCUT2D eigenvalue weighted by molar-refractivity contribution is -0.121. The summed E-state index contributed by atoms with van der Waals surface area (Å²) in [6, 6.07) is 6.23. The highest BCUT2D eigenvalue weighted by molar-refractivity contribution is 5.75. The van der Waals surface area contributed by atoms with E-state index in [1.54, 1.807) is 18.2 Å². The third kappa shape index (κ3) is 4.37. The van der Waals surface area contributed by atoms with Crippen LogP contribution in [0.5, 0.6) is 0 Å². The molecule has 0 spiro atoms. The van der Waals surface area contributed by atoms with Crippen LogP contribution in [0.4, 0.5) is 4.39 Å². The minimum Gasteiger partial charge on any atom is -0.356 e. The second-order valence-corrected chi connectivity index (χ2v) is 4.70. The Bertz CT molecular complexity index is 598. The monoisotopic (exact) mass is 291 g/mol. The number of carbonyl (C=O) groups is 1. The van der Waals surface area contributed by atoms with Crippen LogP contribution in [0.1, 0.15) is 32.1 Å². The maximum atomic E-state index is 13.6. The van der Waals surface area contributed by atoms with Crippen molar-refractivity contribution in [3.63, 3.8) is 0 Å². The molecule has 0 aliphatic rings. The van der Waals surface area contributed by atoms with Gasteiger partial charge in [-0.15, -0.1) is 0 Å². The first-order chi connectivity index (χ1) is 10.2. The molecular formula is C15H18FN3O2. The van der Waals surface area contributed by atoms with Gasteiger partial charge in [0.05, 0.1) is 5.56 Å². The number of hydrogen-bond acceptors (Lipinski definition) is 4. The summed E-state index contributed by atoms with van der Waals surface area (Å²) < 4.78 is 18.6. The smallest absolute Gasteiger partial charge is 0.227 e. The Morgan fingerprint density at radius 1 is 1.38 bits per heavy atom. The molecular weight excluding hydrogens is 273 g/mol. The van der Waals surface area contributed by atoms with E-state index in [9.17, 15) is 9.18 Å². The number of hydrogen-bond donors (Lipinski definition) is 1. The fourth-order valence-electron chi connectivity index (χ4n) is 1.82. The van der Waals surface area contributed by atoms with Crippen LogP contribution in [0.3, 0.4) is 0 Å². The molecule has 1 aromatic heterocycles. The van der Waals surface area contributed by atoms with Crippen LogP contribution >= 0.6 is 0 Å². The number of carbonyl (C=O) groups excluding carboxylic acids is 1. The molecule has 6 heteroatoms. The van der Waals surface area contributed by atoms with Gasteiger partial charge in [-0.2, -0.15) is 4.98 Å². The predicted molar refractivity (Wildman–Crippen MR) is 75.9 cm³/mol. The van der Waals surface area contributed by atoms with E-state index < -0.39 is 5.82 Å². The molecule has 0 unspecified atom stereocenters. The standard InChI is InChI=1S/C15H18FN3O2/c1-2-3-10-17-13(20)8-9-14-18-15(19-21-14)11-6-4-5-7-12(11)16/h4-7H,2-3,8-10H2,1H3,(H,17,20). The van der Waals surface area contributed by atoms with Gasteiger partial charge in [-0.1, -0.05) is 30.6 Å². The normalized spacial score (nSPS) is 10.6. The van der Waals surface area contributed by atoms with Gasteiger partial charge in [0.1, 0.15) is 5.82 Å². The van der Waals surface area contributed by atoms with Gasteiger partial charge in [-0.05, 0) is 18.6 Å². The van der Waals surface area contributed by atoms with Crippen LogP contribution in [0.2, 0.25) is 0 Å². The third-order valence-electron chi connectivity index (χ3n) is 3.00. The summed E-state index contributed by atoms with van der Waals surface area (Å²) in [7, 11) is 0. The molecule has 0 saturated heterocycles. The molecule has 2 rings (SSSR count). The molecule has 1 N–H and O–H groups in total. The van der Waals surface area contributed by atoms with E-state index in [1.807, 2.05) is 0 Å². The Labute approximate surface area is 122 Å². The molecule has 1 amide bonds. The van der Waals surface area contributed by atoms with Gasteiger partial charge in [0.2, 0.25) is 17.6 Å². The molecule has 0 atom stereocenters. The maximum absolute atomic E-state index is 13.6. The fourth-order valence-corrected chi connectivity index (χ4v) is 1.82. The van der Waals surface area contributed by atoms with Crippen LogP contribution in [-0.4, -0.2) is 22.6 Å². The summed E-state index contributed by atoms with van der Waals surface area (Å²) in [5.74, 6) is 0.0876. The van der Waals surface area contributed by atoms with Crippen molar-refractivity contribution < 1.29 is 13.7 Å². The Hall–Kier alpha value is -2.24. The van der Waals surface area contributed by atoms with E-state index in [0.717, 1.165) is 12.8 Å². The first kappa shape index (κ1) is 15.2. The van der Waals surface area contributed by atoms with Crippen molar-refractivity contribution in [2.24, 2.45) is 0 Å². The topological polar surface area (TPSA) is 68.0 Å². The van der Waals surface area contributed by atoms with E-state index in [-0.39, 0.29) is 18.2 Å². The molecule has 0 bridgehead atoms. The van der Waals surface area contributed by atoms with Gasteiger partial charge >= 0.3 is 0 Å². The molecule has 0 radical (unpaired) electrons. The maximum Gasteiger partial charge on any atom is 0.227 e. The summed E-state index contributed by atoms with van der Waals surface area (Å²) in [6.07, 6.45) is 2.63. The second-order valence-electron chi connectivity index (χ2n) is 4.70. The number of aryl methyl sites for hydroxylation is 1. The van der Waals surface area contributed by atoms with Crippen molar-refractivity contribution in [1.82, 2.24) is 15.5 Å². The Balaban J connectivity index is 1.89. The second kappa shape index (κ2) is 7.52. The van der Waals surface area contributed by atoms with E-state index in [0.29, 0.717) is 24.4 Å². The summed E-state index contributed by atoms with van der Waals surface area (Å²) in [5.41, 5.74) is 0.292. The van der Waals surface area contributed by atoms with Gasteiger partial charge in [0.15, 0.2) is 0 Å². The van der Waals surface area contributed by atoms with Crippen LogP contribution in [0, 0.1) is 5.82 Å². The number of halogens is 1. The van der Waals surface area contributed by atoms with Gasteiger partial charge in [-0.25, -0.2) is 4.39 Å². The van der Waals surface area contributed by atoms with Crippen molar-refractivity contribution in [1.29, 1.82) is 0 Å². The average molecular weight is 291 g/mol. The van der Waals surface area contributed by atoms with Crippen molar-refractivity contribution >= 4 is 5.91 Å². The first-order valence-corrected chi connectivity index (χ1v) is 7.05. The van der Waals surface area contributed by atoms with Crippen molar-refractivity contribution in [2.75, 3.05) is 6.54 Å². The Morgan fingerprint density at radius 2 is 2.19 bits per heavy atom. The van der Waals surface area contributed by atoms with E-state index in [4.69, 9.17) is 4.52 Å². The first-order valence-electron chi connectivity index (χ1n) is 7.05. The molecule has 0 saturated carbocycles. The molecule has 1 aromatic carbocycles. The number of unbranched alkanes of at least 4 members (excludes halogenated alkanes) is 1. The molecule has 1 heterocycles. The summed E-state index contributed by atoms with van der Waals surface area (Å²) >= 11 is 0. The summed E-state index contributed by atoms with van der Waals surface area (Å²) in [5, 5.41) is 6.56. The highest BCUT2D eigenvalue weighted by Gasteiger charge is 2.13. The number of aromatic nitrogens is 2. The van der Waals surface area contributed by atoms with Crippen molar-refractivity contribution in [2.45, 2.75) is 32.6 Å². The minimum absolute atomic E-state index is 0.0471. The summed E-state index contributed by atoms with van der Waals surface area (Å²) in [4.78, 5) is 15.7. The molecule has 5 nitrogen and oxygen atoms in total. The molecule has 0 aliphatic carbocycles. The zero-order valence-corrected chi connectivity index (χ0v) is 11.9. The van der Waals surface area contributed by atoms with Crippen LogP contribution in [-0.2, 0) is 11.2 Å². The minimum atomic E-state index is -0.401. The molecule has 0 aliphatic heterocycles. The van der Waals surface area contributed by atoms with E-state index in [2.05, 4.69) is 22.4 Å². The Morgan fingerprint density at radius 3 is 2.95 bits per heavy atom. The number of nitrogens with zero attached hydrogens (tertiary/aromatic N) is 2. The molecule has 21 heavy (non-hydrogen) atoms. The van der Waals surface area contributed by atoms with Gasteiger partial charge < -0.3 is 9.84 Å². The average Bonchev–Trinajstić information content (AvgIpc) is 2.94. The van der Waals surface area contributed by atoms with Gasteiger partial charge in [-0.3, -0.25) is 4.79 Å². The SMILES string of the molecule is CCCCNC(=O)CCc1nc(-c2ccccc2F)no1. The molecule has 2 aromatic rings. The predicted octanol–water partition coefficient (Wildman–Crippen LogP) is 2.72. The number of nitrogens with one attached hydrogen (secondary N) is 1. The fraction of sp³-hybridized carbons (Fsp3) is 0.400. The van der Waals surface area contributed by atoms with Crippen LogP contribution in [0.25, 0.3) is 11.4 Å². The van der Waals surface area contributed by atoms with E-state index >= 15 is 0 Å². The van der Waals surface area contributed by atoms with E-state index in [1.165, 1.54) is 6.07 Å². The highest BCUT2D eigenvalue weighted by Crippen LogP contribution is 2.19. The highest BCUT2D eigenvalue weighted by atomic mass is 19.1. The largest absolute Gasteiger partial charge is 0.356 e. The molecule has 112 valence electrons. The zero-order valence-electron chi connectivity index (χ0n) is 11.9. The van der Waals surface area contributed by atoms with Crippen molar-refractivity contribution in [3.8, 4) is 11.4 Å². The number of benzene rings is 1. The third-order valence-corrected chi connectivity index (χ3v) is 3.00. The lowest BCUT2D eigenvalue weighted by atomic mass is 10.2. The molecule has 0 fully saturated rings. The van der Waals surface area contributed by atoms with Gasteiger partial charge in [0, 0.05) is 19.4 Å². The number of amides is 1. The van der Waals surface area contributed by atoms with Crippen LogP contribution < -0.4 is 5.32 Å². The lowest BCUT2D eigenvalue weighted by Crippen LogP contribution is -2.24.